The Balaban J connectivity index is 1.65. The third-order valence-corrected chi connectivity index (χ3v) is 3.70. The van der Waals surface area contributed by atoms with Crippen molar-refractivity contribution in [1.29, 1.82) is 0 Å². The quantitative estimate of drug-likeness (QED) is 0.806. The lowest BCUT2D eigenvalue weighted by Gasteiger charge is -2.35. The van der Waals surface area contributed by atoms with Gasteiger partial charge in [0.1, 0.15) is 11.6 Å². The van der Waals surface area contributed by atoms with Crippen molar-refractivity contribution < 1.29 is 13.9 Å². The van der Waals surface area contributed by atoms with Crippen molar-refractivity contribution in [2.45, 2.75) is 25.0 Å². The van der Waals surface area contributed by atoms with Gasteiger partial charge in [0.2, 0.25) is 0 Å². The first kappa shape index (κ1) is 15.2. The molecule has 5 heteroatoms. The molecule has 0 aliphatic carbocycles. The monoisotopic (exact) mass is 282 g/mol. The largest absolute Gasteiger partial charge is 0.494 e. The van der Waals surface area contributed by atoms with Gasteiger partial charge in [-0.15, -0.1) is 0 Å². The van der Waals surface area contributed by atoms with Crippen LogP contribution in [0.3, 0.4) is 0 Å². The second-order valence-corrected chi connectivity index (χ2v) is 5.18. The first-order valence-electron chi connectivity index (χ1n) is 7.08. The topological polar surface area (TPSA) is 47.7 Å². The van der Waals surface area contributed by atoms with Crippen LogP contribution in [0.2, 0.25) is 0 Å². The highest BCUT2D eigenvalue weighted by molar-refractivity contribution is 5.21. The van der Waals surface area contributed by atoms with Gasteiger partial charge in [-0.05, 0) is 43.7 Å². The minimum atomic E-state index is -0.243. The Morgan fingerprint density at radius 2 is 2.10 bits per heavy atom. The van der Waals surface area contributed by atoms with Gasteiger partial charge < -0.3 is 20.1 Å². The fourth-order valence-electron chi connectivity index (χ4n) is 2.46. The van der Waals surface area contributed by atoms with Crippen molar-refractivity contribution in [3.63, 3.8) is 0 Å². The number of nitrogens with zero attached hydrogens (tertiary/aromatic N) is 1. The summed E-state index contributed by atoms with van der Waals surface area (Å²) in [5.41, 5.74) is 5.99. The number of nitrogens with two attached hydrogens (primary N) is 1. The summed E-state index contributed by atoms with van der Waals surface area (Å²) in [5, 5.41) is 0. The SMILES string of the molecule is COC1CN(CCCOc2ccc(F)cc2)CCC1N. The molecule has 1 saturated heterocycles. The van der Waals surface area contributed by atoms with E-state index in [9.17, 15) is 4.39 Å². The Morgan fingerprint density at radius 3 is 2.80 bits per heavy atom. The molecule has 2 atom stereocenters. The average Bonchev–Trinajstić information content (AvgIpc) is 2.47. The van der Waals surface area contributed by atoms with Gasteiger partial charge in [0, 0.05) is 26.2 Å². The van der Waals surface area contributed by atoms with E-state index in [0.29, 0.717) is 12.4 Å². The third kappa shape index (κ3) is 4.44. The van der Waals surface area contributed by atoms with Crippen LogP contribution in [-0.2, 0) is 4.74 Å². The number of hydrogen-bond acceptors (Lipinski definition) is 4. The molecular formula is C15H23FN2O2. The van der Waals surface area contributed by atoms with Crippen LogP contribution in [0, 0.1) is 5.82 Å². The molecule has 0 aromatic heterocycles. The zero-order chi connectivity index (χ0) is 14.4. The normalized spacial score (nSPS) is 23.8. The smallest absolute Gasteiger partial charge is 0.123 e. The van der Waals surface area contributed by atoms with E-state index < -0.39 is 0 Å². The zero-order valence-corrected chi connectivity index (χ0v) is 11.9. The Kier molecular flexibility index (Phi) is 5.76. The minimum absolute atomic E-state index is 0.127. The molecule has 112 valence electrons. The summed E-state index contributed by atoms with van der Waals surface area (Å²) in [6, 6.07) is 6.26. The second kappa shape index (κ2) is 7.57. The number of rotatable bonds is 6. The summed E-state index contributed by atoms with van der Waals surface area (Å²) in [4.78, 5) is 2.35. The first-order chi connectivity index (χ1) is 9.69. The van der Waals surface area contributed by atoms with Gasteiger partial charge in [0.25, 0.3) is 0 Å². The molecular weight excluding hydrogens is 259 g/mol. The maximum absolute atomic E-state index is 12.7. The van der Waals surface area contributed by atoms with Gasteiger partial charge in [-0.2, -0.15) is 0 Å². The molecule has 0 radical (unpaired) electrons. The van der Waals surface area contributed by atoms with Crippen LogP contribution in [0.15, 0.2) is 24.3 Å². The lowest BCUT2D eigenvalue weighted by molar-refractivity contribution is 0.0154. The van der Waals surface area contributed by atoms with Gasteiger partial charge >= 0.3 is 0 Å². The molecule has 1 aromatic carbocycles. The summed E-state index contributed by atoms with van der Waals surface area (Å²) < 4.78 is 23.7. The molecule has 2 unspecified atom stereocenters. The minimum Gasteiger partial charge on any atom is -0.494 e. The van der Waals surface area contributed by atoms with Crippen molar-refractivity contribution >= 4 is 0 Å². The molecule has 0 bridgehead atoms. The average molecular weight is 282 g/mol. The van der Waals surface area contributed by atoms with Crippen molar-refractivity contribution in [3.8, 4) is 5.75 Å². The van der Waals surface area contributed by atoms with E-state index in [2.05, 4.69) is 4.90 Å². The number of piperidine rings is 1. The van der Waals surface area contributed by atoms with E-state index in [4.69, 9.17) is 15.2 Å². The number of hydrogen-bond donors (Lipinski definition) is 1. The van der Waals surface area contributed by atoms with Crippen molar-refractivity contribution in [2.75, 3.05) is 33.4 Å². The Bertz CT molecular complexity index is 399. The van der Waals surface area contributed by atoms with Gasteiger partial charge in [-0.3, -0.25) is 0 Å². The number of halogens is 1. The highest BCUT2D eigenvalue weighted by Gasteiger charge is 2.25. The molecule has 1 aliphatic heterocycles. The first-order valence-corrected chi connectivity index (χ1v) is 7.08. The highest BCUT2D eigenvalue weighted by Crippen LogP contribution is 2.13. The fourth-order valence-corrected chi connectivity index (χ4v) is 2.46. The van der Waals surface area contributed by atoms with Crippen molar-refractivity contribution in [2.24, 2.45) is 5.73 Å². The van der Waals surface area contributed by atoms with Gasteiger partial charge in [0.05, 0.1) is 12.7 Å². The van der Waals surface area contributed by atoms with Gasteiger partial charge in [-0.25, -0.2) is 4.39 Å². The van der Waals surface area contributed by atoms with Crippen LogP contribution < -0.4 is 10.5 Å². The summed E-state index contributed by atoms with van der Waals surface area (Å²) >= 11 is 0. The maximum Gasteiger partial charge on any atom is 0.123 e. The van der Waals surface area contributed by atoms with E-state index in [0.717, 1.165) is 32.5 Å². The molecule has 0 saturated carbocycles. The molecule has 0 spiro atoms. The van der Waals surface area contributed by atoms with E-state index in [1.165, 1.54) is 12.1 Å². The van der Waals surface area contributed by atoms with E-state index in [-0.39, 0.29) is 18.0 Å². The Morgan fingerprint density at radius 1 is 1.35 bits per heavy atom. The molecule has 1 aromatic rings. The lowest BCUT2D eigenvalue weighted by atomic mass is 10.0. The highest BCUT2D eigenvalue weighted by atomic mass is 19.1. The van der Waals surface area contributed by atoms with Crippen LogP contribution >= 0.6 is 0 Å². The standard InChI is InChI=1S/C15H23FN2O2/c1-19-15-11-18(9-7-14(15)17)8-2-10-20-13-5-3-12(16)4-6-13/h3-6,14-15H,2,7-11,17H2,1H3. The van der Waals surface area contributed by atoms with Crippen LogP contribution in [0.5, 0.6) is 5.75 Å². The predicted octanol–water partition coefficient (Wildman–Crippen LogP) is 1.64. The number of benzene rings is 1. The number of methoxy groups -OCH3 is 1. The summed E-state index contributed by atoms with van der Waals surface area (Å²) in [7, 11) is 1.71. The summed E-state index contributed by atoms with van der Waals surface area (Å²) in [5.74, 6) is 0.467. The molecule has 2 rings (SSSR count). The molecule has 0 amide bonds. The molecule has 2 N–H and O–H groups in total. The van der Waals surface area contributed by atoms with E-state index >= 15 is 0 Å². The molecule has 4 nitrogen and oxygen atoms in total. The Labute approximate surface area is 119 Å². The molecule has 1 aliphatic rings. The third-order valence-electron chi connectivity index (χ3n) is 3.70. The zero-order valence-electron chi connectivity index (χ0n) is 11.9. The van der Waals surface area contributed by atoms with E-state index in [1.54, 1.807) is 19.2 Å². The summed E-state index contributed by atoms with van der Waals surface area (Å²) in [6.45, 7) is 3.49. The van der Waals surface area contributed by atoms with E-state index in [1.807, 2.05) is 0 Å². The van der Waals surface area contributed by atoms with Crippen LogP contribution in [0.25, 0.3) is 0 Å². The lowest BCUT2D eigenvalue weighted by Crippen LogP contribution is -2.51. The maximum atomic E-state index is 12.7. The predicted molar refractivity (Wildman–Crippen MR) is 76.3 cm³/mol. The fraction of sp³-hybridized carbons (Fsp3) is 0.600. The summed E-state index contributed by atoms with van der Waals surface area (Å²) in [6.07, 6.45) is 2.03. The molecule has 20 heavy (non-hydrogen) atoms. The molecule has 1 fully saturated rings. The van der Waals surface area contributed by atoms with Gasteiger partial charge in [0.15, 0.2) is 0 Å². The van der Waals surface area contributed by atoms with Crippen LogP contribution in [0.1, 0.15) is 12.8 Å². The second-order valence-electron chi connectivity index (χ2n) is 5.18. The van der Waals surface area contributed by atoms with Crippen LogP contribution in [0.4, 0.5) is 4.39 Å². The van der Waals surface area contributed by atoms with Gasteiger partial charge in [-0.1, -0.05) is 0 Å². The van der Waals surface area contributed by atoms with Crippen molar-refractivity contribution in [3.05, 3.63) is 30.1 Å². The van der Waals surface area contributed by atoms with Crippen molar-refractivity contribution in [1.82, 2.24) is 4.90 Å². The number of ether oxygens (including phenoxy) is 2. The molecule has 1 heterocycles. The number of likely N-dealkylation sites (tertiary alicyclic amines) is 1. The Hall–Kier alpha value is -1.17. The van der Waals surface area contributed by atoms with Crippen LogP contribution in [-0.4, -0.2) is 50.4 Å².